The minimum atomic E-state index is -2.95. The fraction of sp³-hybridized carbons (Fsp3) is 0.286. The zero-order valence-electron chi connectivity index (χ0n) is 17.3. The Bertz CT molecular complexity index is 1200. The molecule has 0 amide bonds. The summed E-state index contributed by atoms with van der Waals surface area (Å²) in [5.41, 5.74) is 2.47. The van der Waals surface area contributed by atoms with Crippen LogP contribution in [0.2, 0.25) is 0 Å². The van der Waals surface area contributed by atoms with Crippen LogP contribution in [-0.2, 0) is 17.0 Å². The van der Waals surface area contributed by atoms with Gasteiger partial charge in [-0.15, -0.1) is 0 Å². The van der Waals surface area contributed by atoms with Crippen molar-refractivity contribution in [3.8, 4) is 22.9 Å². The second-order valence-electron chi connectivity index (χ2n) is 6.57. The van der Waals surface area contributed by atoms with Crippen molar-refractivity contribution < 1.29 is 27.5 Å². The van der Waals surface area contributed by atoms with Crippen LogP contribution in [0, 0.1) is 0 Å². The number of rotatable bonds is 10. The van der Waals surface area contributed by atoms with Crippen LogP contribution in [0.5, 0.6) is 11.5 Å². The van der Waals surface area contributed by atoms with Crippen molar-refractivity contribution in [2.24, 2.45) is 0 Å². The fourth-order valence-corrected chi connectivity index (χ4v) is 4.00. The second kappa shape index (κ2) is 9.96. The van der Waals surface area contributed by atoms with E-state index in [1.807, 2.05) is 24.3 Å². The van der Waals surface area contributed by atoms with Gasteiger partial charge in [0, 0.05) is 19.2 Å². The van der Waals surface area contributed by atoms with E-state index in [9.17, 15) is 8.78 Å². The molecule has 0 saturated heterocycles. The van der Waals surface area contributed by atoms with Crippen molar-refractivity contribution in [1.29, 1.82) is 0 Å². The number of alkyl halides is 2. The van der Waals surface area contributed by atoms with Gasteiger partial charge in [-0.25, -0.2) is 4.98 Å². The van der Waals surface area contributed by atoms with Gasteiger partial charge in [-0.05, 0) is 30.3 Å². The van der Waals surface area contributed by atoms with E-state index < -0.39 is 6.61 Å². The van der Waals surface area contributed by atoms with Crippen LogP contribution in [0.4, 0.5) is 8.78 Å². The van der Waals surface area contributed by atoms with Gasteiger partial charge in [0.05, 0.1) is 30.5 Å². The number of halogens is 2. The number of para-hydroxylation sites is 2. The van der Waals surface area contributed by atoms with Gasteiger partial charge in [0.25, 0.3) is 0 Å². The van der Waals surface area contributed by atoms with Crippen LogP contribution < -0.4 is 9.47 Å². The Balaban J connectivity index is 1.51. The summed E-state index contributed by atoms with van der Waals surface area (Å²) >= 11 is 1.47. The van der Waals surface area contributed by atoms with Crippen molar-refractivity contribution in [2.75, 3.05) is 20.8 Å². The maximum Gasteiger partial charge on any atom is 0.387 e. The molecule has 11 heteroatoms. The molecule has 0 spiro atoms. The summed E-state index contributed by atoms with van der Waals surface area (Å²) in [5.74, 6) is 1.21. The maximum atomic E-state index is 12.5. The van der Waals surface area contributed by atoms with E-state index in [-0.39, 0.29) is 11.5 Å². The Hall–Kier alpha value is -3.18. The smallest absolute Gasteiger partial charge is 0.387 e. The lowest BCUT2D eigenvalue weighted by Gasteiger charge is -2.10. The number of hydrogen-bond acceptors (Lipinski definition) is 8. The number of benzene rings is 2. The number of fused-ring (bicyclic) bond motifs is 1. The van der Waals surface area contributed by atoms with Crippen molar-refractivity contribution in [2.45, 2.75) is 24.1 Å². The van der Waals surface area contributed by atoms with Crippen LogP contribution >= 0.6 is 11.8 Å². The number of hydrogen-bond donors (Lipinski definition) is 0. The van der Waals surface area contributed by atoms with Gasteiger partial charge >= 0.3 is 6.61 Å². The van der Waals surface area contributed by atoms with Crippen LogP contribution in [0.15, 0.2) is 52.1 Å². The molecule has 0 unspecified atom stereocenters. The number of imidazole rings is 1. The number of aromatic nitrogens is 4. The van der Waals surface area contributed by atoms with Gasteiger partial charge in [-0.2, -0.15) is 13.8 Å². The third kappa shape index (κ3) is 4.83. The summed E-state index contributed by atoms with van der Waals surface area (Å²) in [6.45, 7) is -1.72. The monoisotopic (exact) mass is 462 g/mol. The van der Waals surface area contributed by atoms with Gasteiger partial charge in [-0.1, -0.05) is 29.1 Å². The number of methoxy groups -OCH3 is 2. The zero-order valence-corrected chi connectivity index (χ0v) is 18.1. The lowest BCUT2D eigenvalue weighted by molar-refractivity contribution is -0.0512. The average Bonchev–Trinajstić information content (AvgIpc) is 3.40. The predicted octanol–water partition coefficient (Wildman–Crippen LogP) is 4.64. The van der Waals surface area contributed by atoms with Crippen molar-refractivity contribution >= 4 is 22.8 Å². The lowest BCUT2D eigenvalue weighted by Crippen LogP contribution is -2.05. The van der Waals surface area contributed by atoms with E-state index in [1.54, 1.807) is 13.2 Å². The third-order valence-corrected chi connectivity index (χ3v) is 5.53. The van der Waals surface area contributed by atoms with E-state index in [2.05, 4.69) is 19.4 Å². The Morgan fingerprint density at radius 1 is 1.09 bits per heavy atom. The number of thioether (sulfide) groups is 1. The number of ether oxygens (including phenoxy) is 3. The van der Waals surface area contributed by atoms with Gasteiger partial charge in [-0.3, -0.25) is 0 Å². The minimum Gasteiger partial charge on any atom is -0.493 e. The quantitative estimate of drug-likeness (QED) is 0.315. The topological polar surface area (TPSA) is 84.4 Å². The molecule has 0 atom stereocenters. The molecule has 0 aliphatic rings. The van der Waals surface area contributed by atoms with Crippen molar-refractivity contribution in [3.05, 3.63) is 48.4 Å². The van der Waals surface area contributed by atoms with Gasteiger partial charge in [0.15, 0.2) is 16.7 Å². The van der Waals surface area contributed by atoms with Gasteiger partial charge in [0.2, 0.25) is 11.7 Å². The molecule has 0 fully saturated rings. The molecule has 0 N–H and O–H groups in total. The van der Waals surface area contributed by atoms with E-state index >= 15 is 0 Å². The largest absolute Gasteiger partial charge is 0.493 e. The molecule has 8 nitrogen and oxygen atoms in total. The van der Waals surface area contributed by atoms with Gasteiger partial charge in [0.1, 0.15) is 0 Å². The highest BCUT2D eigenvalue weighted by Crippen LogP contribution is 2.33. The van der Waals surface area contributed by atoms with Crippen molar-refractivity contribution in [1.82, 2.24) is 19.7 Å². The summed E-state index contributed by atoms with van der Waals surface area (Å²) in [7, 11) is 3.03. The summed E-state index contributed by atoms with van der Waals surface area (Å²) in [4.78, 5) is 9.09. The molecular formula is C21H20F2N4O4S. The molecule has 4 rings (SSSR count). The molecule has 0 radical (unpaired) electrons. The molecule has 4 aromatic rings. The summed E-state index contributed by atoms with van der Waals surface area (Å²) in [6, 6.07) is 12.3. The predicted molar refractivity (Wildman–Crippen MR) is 114 cm³/mol. The van der Waals surface area contributed by atoms with E-state index in [0.29, 0.717) is 36.2 Å². The van der Waals surface area contributed by atoms with Crippen molar-refractivity contribution in [3.63, 3.8) is 0 Å². The number of nitrogens with zero attached hydrogens (tertiary/aromatic N) is 4. The Morgan fingerprint density at radius 2 is 1.94 bits per heavy atom. The summed E-state index contributed by atoms with van der Waals surface area (Å²) < 4.78 is 47.3. The standard InChI is InChI=1S/C21H20F2N4O4S/c1-28-10-9-27-15-6-4-3-5-14(15)24-21(27)32-12-18-25-19(26-31-18)13-7-8-16(30-20(22)23)17(11-13)29-2/h3-8,11,20H,9-10,12H2,1-2H3. The maximum absolute atomic E-state index is 12.5. The first kappa shape index (κ1) is 22.0. The molecule has 0 aliphatic carbocycles. The second-order valence-corrected chi connectivity index (χ2v) is 7.51. The molecule has 2 aromatic heterocycles. The Labute approximate surface area is 186 Å². The highest BCUT2D eigenvalue weighted by atomic mass is 32.2. The lowest BCUT2D eigenvalue weighted by atomic mass is 10.2. The molecule has 32 heavy (non-hydrogen) atoms. The molecular weight excluding hydrogens is 442 g/mol. The highest BCUT2D eigenvalue weighted by Gasteiger charge is 2.16. The van der Waals surface area contributed by atoms with Crippen LogP contribution in [0.1, 0.15) is 5.89 Å². The highest BCUT2D eigenvalue weighted by molar-refractivity contribution is 7.98. The van der Waals surface area contributed by atoms with Crippen LogP contribution in [0.25, 0.3) is 22.4 Å². The molecule has 0 aliphatic heterocycles. The molecule has 2 heterocycles. The first-order valence-corrected chi connectivity index (χ1v) is 10.6. The van der Waals surface area contributed by atoms with E-state index in [4.69, 9.17) is 19.0 Å². The minimum absolute atomic E-state index is 0.0690. The summed E-state index contributed by atoms with van der Waals surface area (Å²) in [6.07, 6.45) is 0. The Kier molecular flexibility index (Phi) is 6.86. The van der Waals surface area contributed by atoms with E-state index in [1.165, 1.54) is 31.0 Å². The molecule has 2 aromatic carbocycles. The fourth-order valence-electron chi connectivity index (χ4n) is 3.12. The Morgan fingerprint density at radius 3 is 2.72 bits per heavy atom. The SMILES string of the molecule is COCCn1c(SCc2nc(-c3ccc(OC(F)F)c(OC)c3)no2)nc2ccccc21. The first-order valence-electron chi connectivity index (χ1n) is 9.62. The van der Waals surface area contributed by atoms with Crippen LogP contribution in [-0.4, -0.2) is 47.1 Å². The van der Waals surface area contributed by atoms with E-state index in [0.717, 1.165) is 16.2 Å². The first-order chi connectivity index (χ1) is 15.6. The average molecular weight is 462 g/mol. The normalized spacial score (nSPS) is 11.4. The van der Waals surface area contributed by atoms with Crippen LogP contribution in [0.3, 0.4) is 0 Å². The molecule has 168 valence electrons. The third-order valence-electron chi connectivity index (χ3n) is 4.57. The molecule has 0 saturated carbocycles. The molecule has 0 bridgehead atoms. The van der Waals surface area contributed by atoms with Gasteiger partial charge < -0.3 is 23.3 Å². The summed E-state index contributed by atoms with van der Waals surface area (Å²) in [5, 5.41) is 4.81. The zero-order chi connectivity index (χ0) is 22.5.